The highest BCUT2D eigenvalue weighted by atomic mass is 35.5. The van der Waals surface area contributed by atoms with Crippen LogP contribution in [0, 0.1) is 5.92 Å². The molecule has 0 spiro atoms. The number of halogens is 1. The van der Waals surface area contributed by atoms with Gasteiger partial charge in [-0.1, -0.05) is 38.3 Å². The first kappa shape index (κ1) is 17.5. The average Bonchev–Trinajstić information content (AvgIpc) is 2.57. The molecule has 1 atom stereocenters. The van der Waals surface area contributed by atoms with E-state index < -0.39 is 0 Å². The highest BCUT2D eigenvalue weighted by Crippen LogP contribution is 2.29. The molecule has 0 aliphatic rings. The summed E-state index contributed by atoms with van der Waals surface area (Å²) in [7, 11) is 0. The predicted octanol–water partition coefficient (Wildman–Crippen LogP) is 4.64. The van der Waals surface area contributed by atoms with Crippen molar-refractivity contribution < 1.29 is 14.3 Å². The van der Waals surface area contributed by atoms with Crippen LogP contribution in [0.25, 0.3) is 10.9 Å². The van der Waals surface area contributed by atoms with Crippen LogP contribution in [0.15, 0.2) is 30.5 Å². The summed E-state index contributed by atoms with van der Waals surface area (Å²) in [4.78, 5) is 16.1. The second-order valence-corrected chi connectivity index (χ2v) is 6.07. The Morgan fingerprint density at radius 2 is 2.17 bits per heavy atom. The molecular weight excluding hydrogens is 314 g/mol. The van der Waals surface area contributed by atoms with E-state index >= 15 is 0 Å². The molecule has 0 saturated heterocycles. The summed E-state index contributed by atoms with van der Waals surface area (Å²) in [6.07, 6.45) is 5.03. The summed E-state index contributed by atoms with van der Waals surface area (Å²) in [5.41, 5.74) is 0.643. The summed E-state index contributed by atoms with van der Waals surface area (Å²) in [5, 5.41) is 1.40. The molecule has 0 bridgehead atoms. The number of fused-ring (bicyclic) bond motifs is 1. The summed E-state index contributed by atoms with van der Waals surface area (Å²) in [6, 6.07) is 7.13. The number of benzene rings is 1. The Morgan fingerprint density at radius 3 is 2.96 bits per heavy atom. The summed E-state index contributed by atoms with van der Waals surface area (Å²) in [5.74, 6) is 0.533. The molecule has 1 aromatic heterocycles. The molecule has 0 aliphatic carbocycles. The Kier molecular flexibility index (Phi) is 6.66. The first-order valence-electron chi connectivity index (χ1n) is 7.93. The van der Waals surface area contributed by atoms with Crippen LogP contribution in [0.5, 0.6) is 5.75 Å². The summed E-state index contributed by atoms with van der Waals surface area (Å²) < 4.78 is 10.8. The van der Waals surface area contributed by atoms with Crippen LogP contribution in [-0.2, 0) is 9.53 Å². The van der Waals surface area contributed by atoms with Crippen LogP contribution in [0.1, 0.15) is 33.1 Å². The lowest BCUT2D eigenvalue weighted by atomic mass is 10.1. The minimum Gasteiger partial charge on any atom is -0.480 e. The zero-order valence-corrected chi connectivity index (χ0v) is 14.3. The van der Waals surface area contributed by atoms with Crippen LogP contribution < -0.4 is 4.74 Å². The molecule has 2 aromatic rings. The number of carbonyl (C=O) groups is 1. The molecule has 0 radical (unpaired) electrons. The molecule has 4 nitrogen and oxygen atoms in total. The highest BCUT2D eigenvalue weighted by molar-refractivity contribution is 6.35. The minimum absolute atomic E-state index is 0.131. The Morgan fingerprint density at radius 1 is 1.35 bits per heavy atom. The van der Waals surface area contributed by atoms with Gasteiger partial charge in [-0.2, -0.15) is 0 Å². The number of ether oxygens (including phenoxy) is 2. The van der Waals surface area contributed by atoms with Gasteiger partial charge in [0.15, 0.2) is 6.61 Å². The average molecular weight is 336 g/mol. The zero-order valence-electron chi connectivity index (χ0n) is 13.5. The van der Waals surface area contributed by atoms with Crippen molar-refractivity contribution in [2.45, 2.75) is 33.1 Å². The highest BCUT2D eigenvalue weighted by Gasteiger charge is 2.11. The molecule has 2 rings (SSSR count). The van der Waals surface area contributed by atoms with E-state index in [2.05, 4.69) is 18.8 Å². The molecular formula is C18H22ClNO3. The minimum atomic E-state index is -0.368. The van der Waals surface area contributed by atoms with Gasteiger partial charge in [0.2, 0.25) is 0 Å². The van der Waals surface area contributed by atoms with Crippen molar-refractivity contribution in [2.75, 3.05) is 13.2 Å². The topological polar surface area (TPSA) is 48.4 Å². The number of aromatic nitrogens is 1. The zero-order chi connectivity index (χ0) is 16.7. The molecule has 124 valence electrons. The van der Waals surface area contributed by atoms with E-state index in [9.17, 15) is 4.79 Å². The molecule has 1 aromatic carbocycles. The molecule has 0 saturated carbocycles. The van der Waals surface area contributed by atoms with Gasteiger partial charge in [0, 0.05) is 11.6 Å². The van der Waals surface area contributed by atoms with E-state index in [1.165, 1.54) is 0 Å². The third-order valence-electron chi connectivity index (χ3n) is 3.60. The first-order chi connectivity index (χ1) is 11.1. The van der Waals surface area contributed by atoms with E-state index in [4.69, 9.17) is 21.1 Å². The second kappa shape index (κ2) is 8.73. The van der Waals surface area contributed by atoms with Gasteiger partial charge in [-0.15, -0.1) is 0 Å². The van der Waals surface area contributed by atoms with Gasteiger partial charge in [-0.25, -0.2) is 4.79 Å². The number of esters is 1. The van der Waals surface area contributed by atoms with E-state index in [1.807, 2.05) is 12.1 Å². The predicted molar refractivity (Wildman–Crippen MR) is 91.9 cm³/mol. The lowest BCUT2D eigenvalue weighted by Crippen LogP contribution is -2.18. The summed E-state index contributed by atoms with van der Waals surface area (Å²) in [6.45, 7) is 4.53. The van der Waals surface area contributed by atoms with Crippen LogP contribution in [0.2, 0.25) is 5.02 Å². The Bertz CT molecular complexity index is 660. The van der Waals surface area contributed by atoms with Gasteiger partial charge in [-0.05, 0) is 36.6 Å². The van der Waals surface area contributed by atoms with E-state index in [0.717, 1.165) is 24.6 Å². The van der Waals surface area contributed by atoms with Crippen LogP contribution >= 0.6 is 11.6 Å². The van der Waals surface area contributed by atoms with Crippen molar-refractivity contribution in [3.05, 3.63) is 35.5 Å². The Hall–Kier alpha value is -1.81. The largest absolute Gasteiger partial charge is 0.480 e. The molecule has 1 unspecified atom stereocenters. The number of hydrogen-bond acceptors (Lipinski definition) is 4. The quantitative estimate of drug-likeness (QED) is 0.659. The fourth-order valence-electron chi connectivity index (χ4n) is 2.28. The third-order valence-corrected chi connectivity index (χ3v) is 3.93. The van der Waals surface area contributed by atoms with Crippen molar-refractivity contribution in [1.82, 2.24) is 4.98 Å². The van der Waals surface area contributed by atoms with Gasteiger partial charge in [0.1, 0.15) is 11.3 Å². The third kappa shape index (κ3) is 5.10. The smallest absolute Gasteiger partial charge is 0.344 e. The lowest BCUT2D eigenvalue weighted by molar-refractivity contribution is -0.147. The molecule has 0 N–H and O–H groups in total. The SMILES string of the molecule is CCCCC(C)COC(=O)COc1ccc(Cl)c2cccnc12. The van der Waals surface area contributed by atoms with Crippen molar-refractivity contribution in [1.29, 1.82) is 0 Å². The van der Waals surface area contributed by atoms with Crippen molar-refractivity contribution >= 4 is 28.5 Å². The summed E-state index contributed by atoms with van der Waals surface area (Å²) >= 11 is 6.13. The number of carbonyl (C=O) groups excluding carboxylic acids is 1. The molecule has 0 amide bonds. The first-order valence-corrected chi connectivity index (χ1v) is 8.31. The van der Waals surface area contributed by atoms with E-state index in [0.29, 0.717) is 28.8 Å². The monoisotopic (exact) mass is 335 g/mol. The van der Waals surface area contributed by atoms with Gasteiger partial charge in [-0.3, -0.25) is 4.98 Å². The van der Waals surface area contributed by atoms with Crippen molar-refractivity contribution in [2.24, 2.45) is 5.92 Å². The maximum atomic E-state index is 11.8. The van der Waals surface area contributed by atoms with Crippen molar-refractivity contribution in [3.63, 3.8) is 0 Å². The van der Waals surface area contributed by atoms with Crippen LogP contribution in [0.3, 0.4) is 0 Å². The fraction of sp³-hybridized carbons (Fsp3) is 0.444. The van der Waals surface area contributed by atoms with Gasteiger partial charge >= 0.3 is 5.97 Å². The number of rotatable bonds is 8. The standard InChI is InChI=1S/C18H22ClNO3/c1-3-4-6-13(2)11-23-17(21)12-22-16-9-8-15(19)14-7-5-10-20-18(14)16/h5,7-10,13H,3-4,6,11-12H2,1-2H3. The Balaban J connectivity index is 1.89. The molecule has 23 heavy (non-hydrogen) atoms. The van der Waals surface area contributed by atoms with Crippen LogP contribution in [-0.4, -0.2) is 24.2 Å². The van der Waals surface area contributed by atoms with Crippen molar-refractivity contribution in [3.8, 4) is 5.75 Å². The van der Waals surface area contributed by atoms with Gasteiger partial charge in [0.05, 0.1) is 11.6 Å². The molecule has 5 heteroatoms. The number of unbranched alkanes of at least 4 members (excludes halogenated alkanes) is 1. The van der Waals surface area contributed by atoms with Crippen LogP contribution in [0.4, 0.5) is 0 Å². The number of hydrogen-bond donors (Lipinski definition) is 0. The maximum absolute atomic E-state index is 11.8. The second-order valence-electron chi connectivity index (χ2n) is 5.66. The van der Waals surface area contributed by atoms with E-state index in [-0.39, 0.29) is 12.6 Å². The molecule has 1 heterocycles. The maximum Gasteiger partial charge on any atom is 0.344 e. The normalized spacial score (nSPS) is 12.1. The van der Waals surface area contributed by atoms with Gasteiger partial charge < -0.3 is 9.47 Å². The fourth-order valence-corrected chi connectivity index (χ4v) is 2.49. The molecule has 0 fully saturated rings. The number of pyridine rings is 1. The van der Waals surface area contributed by atoms with E-state index in [1.54, 1.807) is 18.3 Å². The lowest BCUT2D eigenvalue weighted by Gasteiger charge is -2.12. The Labute approximate surface area is 141 Å². The van der Waals surface area contributed by atoms with Gasteiger partial charge in [0.25, 0.3) is 0 Å². The molecule has 0 aliphatic heterocycles. The number of nitrogens with zero attached hydrogens (tertiary/aromatic N) is 1.